The quantitative estimate of drug-likeness (QED) is 0.0768. The van der Waals surface area contributed by atoms with Gasteiger partial charge < -0.3 is 47.1 Å². The molecule has 0 saturated carbocycles. The van der Waals surface area contributed by atoms with Gasteiger partial charge in [-0.05, 0) is 52.9 Å². The van der Waals surface area contributed by atoms with E-state index in [4.69, 9.17) is 42.0 Å². The molecule has 296 valence electrons. The molecule has 53 heavy (non-hydrogen) atoms. The van der Waals surface area contributed by atoms with Gasteiger partial charge in [-0.25, -0.2) is 0 Å². The summed E-state index contributed by atoms with van der Waals surface area (Å²) in [6.45, 7) is 20.4. The van der Waals surface area contributed by atoms with Crippen molar-refractivity contribution in [2.24, 2.45) is 5.11 Å². The Morgan fingerprint density at radius 2 is 1.34 bits per heavy atom. The van der Waals surface area contributed by atoms with Gasteiger partial charge in [0.05, 0.1) is 6.61 Å². The van der Waals surface area contributed by atoms with Gasteiger partial charge in [0.25, 0.3) is 8.32 Å². The van der Waals surface area contributed by atoms with E-state index in [1.165, 1.54) is 14.2 Å². The molecule has 2 fully saturated rings. The maximum absolute atomic E-state index is 12.3. The van der Waals surface area contributed by atoms with Crippen LogP contribution in [0.3, 0.4) is 0 Å². The van der Waals surface area contributed by atoms with Gasteiger partial charge in [0.15, 0.2) is 20.4 Å². The fraction of sp³-hybridized carbons (Fsp3) is 0.684. The first-order chi connectivity index (χ1) is 24.8. The highest BCUT2D eigenvalue weighted by Crippen LogP contribution is 2.43. The highest BCUT2D eigenvalue weighted by molar-refractivity contribution is 6.99. The Morgan fingerprint density at radius 1 is 0.811 bits per heavy atom. The Hall–Kier alpha value is -2.22. The monoisotopic (exact) mass is 775 g/mol. The molecule has 2 saturated heterocycles. The van der Waals surface area contributed by atoms with E-state index in [9.17, 15) is 10.6 Å². The van der Waals surface area contributed by atoms with Crippen LogP contribution in [0.2, 0.25) is 23.2 Å². The lowest BCUT2D eigenvalue weighted by Gasteiger charge is -2.53. The molecule has 0 aromatic heterocycles. The van der Waals surface area contributed by atoms with Gasteiger partial charge in [-0.15, -0.1) is 0 Å². The Morgan fingerprint density at radius 3 is 1.81 bits per heavy atom. The van der Waals surface area contributed by atoms with Gasteiger partial charge >= 0.3 is 0 Å². The minimum atomic E-state index is -3.00. The van der Waals surface area contributed by atoms with Crippen LogP contribution in [0.1, 0.15) is 55.4 Å². The van der Waals surface area contributed by atoms with Gasteiger partial charge in [0.2, 0.25) is 0 Å². The fourth-order valence-electron chi connectivity index (χ4n) is 6.97. The minimum absolute atomic E-state index is 0.0584. The van der Waals surface area contributed by atoms with Crippen molar-refractivity contribution in [3.63, 3.8) is 0 Å². The lowest BCUT2D eigenvalue weighted by molar-refractivity contribution is -0.376. The second-order valence-electron chi connectivity index (χ2n) is 16.7. The summed E-state index contributed by atoms with van der Waals surface area (Å²) in [6.07, 6.45) is -7.07. The average Bonchev–Trinajstić information content (AvgIpc) is 3.08. The lowest BCUT2D eigenvalue weighted by atomic mass is 9.89. The summed E-state index contributed by atoms with van der Waals surface area (Å²) in [4.78, 5) is 3.14. The number of aliphatic hydroxyl groups is 1. The zero-order valence-electron chi connectivity index (χ0n) is 33.5. The molecule has 0 radical (unpaired) electrons. The van der Waals surface area contributed by atoms with Crippen molar-refractivity contribution in [3.05, 3.63) is 71.1 Å². The molecule has 1 N–H and O–H groups in total. The molecule has 15 heteroatoms. The zero-order valence-corrected chi connectivity index (χ0v) is 35.5. The van der Waals surface area contributed by atoms with Gasteiger partial charge in [0, 0.05) is 19.1 Å². The van der Waals surface area contributed by atoms with E-state index >= 15 is 0 Å². The van der Waals surface area contributed by atoms with E-state index in [1.807, 2.05) is 36.4 Å². The van der Waals surface area contributed by atoms with Crippen molar-refractivity contribution in [2.75, 3.05) is 34.4 Å². The smallest absolute Gasteiger partial charge is 0.261 e. The number of hydrogen-bond donors (Lipinski definition) is 1. The van der Waals surface area contributed by atoms with E-state index in [2.05, 4.69) is 88.9 Å². The third kappa shape index (κ3) is 9.78. The zero-order chi connectivity index (χ0) is 39.2. The van der Waals surface area contributed by atoms with Crippen LogP contribution in [0.15, 0.2) is 65.8 Å². The number of methoxy groups -OCH3 is 2. The first kappa shape index (κ1) is 43.5. The topological polar surface area (TPSA) is 152 Å². The van der Waals surface area contributed by atoms with Gasteiger partial charge in [0.1, 0.15) is 56.3 Å². The summed E-state index contributed by atoms with van der Waals surface area (Å²) in [5.41, 5.74) is 9.72. The lowest BCUT2D eigenvalue weighted by Crippen LogP contribution is -2.70. The van der Waals surface area contributed by atoms with Crippen LogP contribution in [0.5, 0.6) is 0 Å². The van der Waals surface area contributed by atoms with E-state index in [0.29, 0.717) is 0 Å². The maximum Gasteiger partial charge on any atom is 0.261 e. The van der Waals surface area contributed by atoms with E-state index in [0.717, 1.165) is 10.4 Å². The molecule has 0 bridgehead atoms. The van der Waals surface area contributed by atoms with Gasteiger partial charge in [-0.2, -0.15) is 0 Å². The second kappa shape index (κ2) is 17.7. The normalized spacial score (nSPS) is 28.3. The second-order valence-corrected chi connectivity index (χ2v) is 25.8. The number of benzene rings is 2. The standard InChI is InChI=1S/C38H61N3O10Si2/c1-36(2,3)52(11,12)51-35-29(40-41-39)31(45-24-43-9)33(46-25-44-10)34(48-35)32-30(42)28(49-38(7,8)50-32)23-47-53(37(4,5)6,26-19-15-13-16-20-26)27-21-17-14-18-22-27/h13-22,28-35,42H,23-25H2,1-12H3/t28-,29+,30+,31-,32+,33+,34-,35-/m0/s1. The van der Waals surface area contributed by atoms with E-state index in [1.54, 1.807) is 13.8 Å². The van der Waals surface area contributed by atoms with Crippen LogP contribution >= 0.6 is 0 Å². The Bertz CT molecular complexity index is 1450. The largest absolute Gasteiger partial charge is 0.405 e. The molecule has 2 aliphatic rings. The molecule has 0 amide bonds. The van der Waals surface area contributed by atoms with Crippen LogP contribution in [0, 0.1) is 0 Å². The predicted molar refractivity (Wildman–Crippen MR) is 207 cm³/mol. The molecule has 8 atom stereocenters. The molecule has 0 unspecified atom stereocenters. The van der Waals surface area contributed by atoms with Crippen molar-refractivity contribution in [2.45, 2.75) is 133 Å². The number of nitrogens with zero attached hydrogens (tertiary/aromatic N) is 3. The molecule has 0 spiro atoms. The molecule has 13 nitrogen and oxygen atoms in total. The highest BCUT2D eigenvalue weighted by Gasteiger charge is 2.58. The third-order valence-electron chi connectivity index (χ3n) is 10.5. The molecule has 2 aromatic rings. The van der Waals surface area contributed by atoms with Crippen molar-refractivity contribution in [1.29, 1.82) is 0 Å². The average molecular weight is 776 g/mol. The summed E-state index contributed by atoms with van der Waals surface area (Å²) < 4.78 is 56.9. The van der Waals surface area contributed by atoms with Crippen molar-refractivity contribution >= 4 is 27.0 Å². The maximum atomic E-state index is 12.3. The summed E-state index contributed by atoms with van der Waals surface area (Å²) >= 11 is 0. The number of ether oxygens (including phenoxy) is 7. The Balaban J connectivity index is 1.78. The SMILES string of the molecule is COCO[C@H]1[C@H]([C@@H]2OC(C)(C)O[C@@H](CO[Si](c3ccccc3)(c3ccccc3)C(C)(C)C)[C@H]2O)O[C@@H](O[Si](C)(C)C(C)(C)C)[C@H](N=[N+]=[N-])[C@@H]1OCOC. The van der Waals surface area contributed by atoms with Crippen molar-refractivity contribution in [3.8, 4) is 0 Å². The summed E-state index contributed by atoms with van der Waals surface area (Å²) in [5, 5.41) is 18.1. The number of hydrogen-bond acceptors (Lipinski definition) is 11. The molecule has 4 rings (SSSR count). The number of azide groups is 1. The fourth-order valence-corrected chi connectivity index (χ4v) is 12.7. The van der Waals surface area contributed by atoms with Crippen LogP contribution in [-0.2, 0) is 42.0 Å². The number of aliphatic hydroxyl groups excluding tert-OH is 1. The van der Waals surface area contributed by atoms with Crippen molar-refractivity contribution < 1.29 is 47.1 Å². The third-order valence-corrected chi connectivity index (χ3v) is 19.9. The molecule has 2 heterocycles. The first-order valence-electron chi connectivity index (χ1n) is 18.2. The molecule has 0 aliphatic carbocycles. The van der Waals surface area contributed by atoms with Gasteiger partial charge in [-0.1, -0.05) is 107 Å². The molecular formula is C38H61N3O10Si2. The van der Waals surface area contributed by atoms with Crippen molar-refractivity contribution in [1.82, 2.24) is 0 Å². The Labute approximate surface area is 317 Å². The predicted octanol–water partition coefficient (Wildman–Crippen LogP) is 5.85. The summed E-state index contributed by atoms with van der Waals surface area (Å²) in [7, 11) is -2.53. The van der Waals surface area contributed by atoms with E-state index < -0.39 is 71.4 Å². The van der Waals surface area contributed by atoms with Gasteiger partial charge in [-0.3, -0.25) is 0 Å². The van der Waals surface area contributed by atoms with Crippen LogP contribution < -0.4 is 10.4 Å². The van der Waals surface area contributed by atoms with Crippen LogP contribution in [0.25, 0.3) is 10.4 Å². The molecule has 2 aliphatic heterocycles. The van der Waals surface area contributed by atoms with Crippen LogP contribution in [0.4, 0.5) is 0 Å². The molecular weight excluding hydrogens is 715 g/mol. The van der Waals surface area contributed by atoms with E-state index in [-0.39, 0.29) is 30.3 Å². The highest BCUT2D eigenvalue weighted by atomic mass is 28.4. The first-order valence-corrected chi connectivity index (χ1v) is 23.0. The molecule has 2 aromatic carbocycles. The van der Waals surface area contributed by atoms with Crippen LogP contribution in [-0.4, -0.2) is 111 Å². The minimum Gasteiger partial charge on any atom is -0.405 e. The Kier molecular flexibility index (Phi) is 14.5. The summed E-state index contributed by atoms with van der Waals surface area (Å²) in [6, 6.07) is 19.6. The summed E-state index contributed by atoms with van der Waals surface area (Å²) in [5.74, 6) is -1.18. The number of rotatable bonds is 15.